The highest BCUT2D eigenvalue weighted by molar-refractivity contribution is 14.0. The number of ether oxygens (including phenoxy) is 1. The third-order valence-corrected chi connectivity index (χ3v) is 4.47. The van der Waals surface area contributed by atoms with Gasteiger partial charge in [0, 0.05) is 37.2 Å². The molecule has 2 aromatic carbocycles. The predicted octanol–water partition coefficient (Wildman–Crippen LogP) is 3.62. The minimum absolute atomic E-state index is 0. The molecule has 3 aromatic rings. The topological polar surface area (TPSA) is 78.5 Å². The number of halogens is 2. The number of carbonyl (C=O) groups is 1. The van der Waals surface area contributed by atoms with Crippen LogP contribution in [0.2, 0.25) is 0 Å². The molecule has 0 aliphatic heterocycles. The molecule has 0 unspecified atom stereocenters. The first-order valence-corrected chi connectivity index (χ1v) is 8.98. The fraction of sp³-hybridized carbons (Fsp3) is 0.238. The van der Waals surface area contributed by atoms with Crippen molar-refractivity contribution in [2.24, 2.45) is 4.99 Å². The van der Waals surface area contributed by atoms with Crippen molar-refractivity contribution in [1.82, 2.24) is 15.6 Å². The van der Waals surface area contributed by atoms with Crippen LogP contribution >= 0.6 is 24.0 Å². The van der Waals surface area contributed by atoms with Gasteiger partial charge in [-0.3, -0.25) is 4.99 Å². The summed E-state index contributed by atoms with van der Waals surface area (Å²) in [7, 11) is 3.08. The summed E-state index contributed by atoms with van der Waals surface area (Å²) in [4.78, 5) is 18.8. The number of rotatable bonds is 6. The standard InChI is InChI=1S/C21H23FN4O2.HI/c1-23-21(26-12-14-3-5-15(6-4-14)20(27)28-2)24-10-9-16-13-25-19-11-17(22)7-8-18(16)19;/h3-8,11,13,25H,9-10,12H2,1-2H3,(H2,23,24,26);1H. The highest BCUT2D eigenvalue weighted by Gasteiger charge is 2.06. The Morgan fingerprint density at radius 2 is 1.93 bits per heavy atom. The Morgan fingerprint density at radius 1 is 1.17 bits per heavy atom. The van der Waals surface area contributed by atoms with Gasteiger partial charge in [-0.25, -0.2) is 9.18 Å². The van der Waals surface area contributed by atoms with Crippen molar-refractivity contribution in [3.8, 4) is 0 Å². The molecule has 0 fully saturated rings. The fourth-order valence-electron chi connectivity index (χ4n) is 2.96. The smallest absolute Gasteiger partial charge is 0.337 e. The van der Waals surface area contributed by atoms with Crippen LogP contribution in [0.3, 0.4) is 0 Å². The van der Waals surface area contributed by atoms with Gasteiger partial charge in [0.15, 0.2) is 5.96 Å². The van der Waals surface area contributed by atoms with E-state index in [0.29, 0.717) is 24.6 Å². The molecule has 1 aromatic heterocycles. The molecule has 3 rings (SSSR count). The fourth-order valence-corrected chi connectivity index (χ4v) is 2.96. The molecule has 29 heavy (non-hydrogen) atoms. The van der Waals surface area contributed by atoms with Crippen molar-refractivity contribution in [3.63, 3.8) is 0 Å². The lowest BCUT2D eigenvalue weighted by Gasteiger charge is -2.12. The molecule has 0 amide bonds. The summed E-state index contributed by atoms with van der Waals surface area (Å²) in [6, 6.07) is 12.0. The van der Waals surface area contributed by atoms with Gasteiger partial charge in [0.05, 0.1) is 12.7 Å². The number of benzene rings is 2. The first-order chi connectivity index (χ1) is 13.6. The van der Waals surface area contributed by atoms with Crippen LogP contribution in [0, 0.1) is 5.82 Å². The number of esters is 1. The first-order valence-electron chi connectivity index (χ1n) is 8.98. The molecule has 0 aliphatic rings. The van der Waals surface area contributed by atoms with E-state index in [-0.39, 0.29) is 35.8 Å². The van der Waals surface area contributed by atoms with Gasteiger partial charge < -0.3 is 20.4 Å². The maximum absolute atomic E-state index is 13.3. The van der Waals surface area contributed by atoms with Crippen LogP contribution in [-0.2, 0) is 17.7 Å². The van der Waals surface area contributed by atoms with Crippen LogP contribution < -0.4 is 10.6 Å². The van der Waals surface area contributed by atoms with Gasteiger partial charge in [0.1, 0.15) is 5.82 Å². The van der Waals surface area contributed by atoms with Gasteiger partial charge in [0.2, 0.25) is 0 Å². The summed E-state index contributed by atoms with van der Waals surface area (Å²) in [5.74, 6) is 0.0863. The SMILES string of the molecule is CN=C(NCCc1c[nH]c2cc(F)ccc12)NCc1ccc(C(=O)OC)cc1.I. The predicted molar refractivity (Wildman–Crippen MR) is 123 cm³/mol. The van der Waals surface area contributed by atoms with Crippen molar-refractivity contribution in [2.75, 3.05) is 20.7 Å². The van der Waals surface area contributed by atoms with Crippen LogP contribution in [-0.4, -0.2) is 37.6 Å². The number of H-pyrrole nitrogens is 1. The number of carbonyl (C=O) groups excluding carboxylic acids is 1. The van der Waals surface area contributed by atoms with Crippen LogP contribution in [0.15, 0.2) is 53.7 Å². The highest BCUT2D eigenvalue weighted by atomic mass is 127. The van der Waals surface area contributed by atoms with Crippen molar-refractivity contribution < 1.29 is 13.9 Å². The third-order valence-electron chi connectivity index (χ3n) is 4.47. The van der Waals surface area contributed by atoms with E-state index >= 15 is 0 Å². The van der Waals surface area contributed by atoms with E-state index in [1.807, 2.05) is 18.3 Å². The van der Waals surface area contributed by atoms with Gasteiger partial charge >= 0.3 is 5.97 Å². The summed E-state index contributed by atoms with van der Waals surface area (Å²) >= 11 is 0. The molecule has 0 spiro atoms. The number of hydrogen-bond donors (Lipinski definition) is 3. The van der Waals surface area contributed by atoms with Gasteiger partial charge in [-0.15, -0.1) is 24.0 Å². The van der Waals surface area contributed by atoms with Crippen LogP contribution in [0.25, 0.3) is 10.9 Å². The lowest BCUT2D eigenvalue weighted by atomic mass is 10.1. The minimum atomic E-state index is -0.350. The second kappa shape index (κ2) is 10.8. The molecule has 3 N–H and O–H groups in total. The number of fused-ring (bicyclic) bond motifs is 1. The Hall–Kier alpha value is -2.62. The van der Waals surface area contributed by atoms with Gasteiger partial charge in [-0.1, -0.05) is 12.1 Å². The van der Waals surface area contributed by atoms with E-state index in [0.717, 1.165) is 28.5 Å². The molecule has 0 bridgehead atoms. The Bertz CT molecular complexity index is 986. The van der Waals surface area contributed by atoms with Crippen molar-refractivity contribution in [3.05, 3.63) is 71.2 Å². The number of aliphatic imine (C=N–C) groups is 1. The number of methoxy groups -OCH3 is 1. The summed E-state index contributed by atoms with van der Waals surface area (Å²) in [6.45, 7) is 1.26. The lowest BCUT2D eigenvalue weighted by Crippen LogP contribution is -2.37. The summed E-state index contributed by atoms with van der Waals surface area (Å²) in [6.07, 6.45) is 2.69. The number of aromatic amines is 1. The number of nitrogens with zero attached hydrogens (tertiary/aromatic N) is 1. The number of guanidine groups is 1. The molecule has 0 atom stereocenters. The highest BCUT2D eigenvalue weighted by Crippen LogP contribution is 2.19. The van der Waals surface area contributed by atoms with Crippen LogP contribution in [0.5, 0.6) is 0 Å². The molecular weight excluding hydrogens is 486 g/mol. The van der Waals surface area contributed by atoms with Crippen molar-refractivity contribution in [2.45, 2.75) is 13.0 Å². The summed E-state index contributed by atoms with van der Waals surface area (Å²) in [5, 5.41) is 7.53. The second-order valence-corrected chi connectivity index (χ2v) is 6.29. The van der Waals surface area contributed by atoms with Gasteiger partial charge in [-0.05, 0) is 47.9 Å². The molecule has 0 saturated heterocycles. The average molecular weight is 510 g/mol. The molecule has 8 heteroatoms. The molecule has 0 aliphatic carbocycles. The zero-order valence-corrected chi connectivity index (χ0v) is 18.6. The van der Waals surface area contributed by atoms with E-state index < -0.39 is 0 Å². The van der Waals surface area contributed by atoms with E-state index in [1.165, 1.54) is 19.2 Å². The molecule has 0 saturated carbocycles. The Balaban J connectivity index is 0.00000300. The normalized spacial score (nSPS) is 11.1. The summed E-state index contributed by atoms with van der Waals surface area (Å²) in [5.41, 5.74) is 3.46. The second-order valence-electron chi connectivity index (χ2n) is 6.29. The molecule has 0 radical (unpaired) electrons. The van der Waals surface area contributed by atoms with Gasteiger partial charge in [-0.2, -0.15) is 0 Å². The maximum Gasteiger partial charge on any atom is 0.337 e. The largest absolute Gasteiger partial charge is 0.465 e. The molecular formula is C21H24FIN4O2. The molecule has 1 heterocycles. The van der Waals surface area contributed by atoms with E-state index in [1.54, 1.807) is 25.2 Å². The van der Waals surface area contributed by atoms with E-state index in [2.05, 4.69) is 20.6 Å². The number of nitrogens with one attached hydrogen (secondary N) is 3. The Labute approximate surface area is 186 Å². The lowest BCUT2D eigenvalue weighted by molar-refractivity contribution is 0.0600. The van der Waals surface area contributed by atoms with Gasteiger partial charge in [0.25, 0.3) is 0 Å². The Kier molecular flexibility index (Phi) is 8.44. The van der Waals surface area contributed by atoms with Crippen LogP contribution in [0.4, 0.5) is 4.39 Å². The zero-order chi connectivity index (χ0) is 19.9. The maximum atomic E-state index is 13.3. The van der Waals surface area contributed by atoms with E-state index in [4.69, 9.17) is 4.74 Å². The number of aromatic nitrogens is 1. The molecule has 154 valence electrons. The van der Waals surface area contributed by atoms with E-state index in [9.17, 15) is 9.18 Å². The van der Waals surface area contributed by atoms with Crippen molar-refractivity contribution in [1.29, 1.82) is 0 Å². The van der Waals surface area contributed by atoms with Crippen molar-refractivity contribution >= 4 is 46.8 Å². The minimum Gasteiger partial charge on any atom is -0.465 e. The summed E-state index contributed by atoms with van der Waals surface area (Å²) < 4.78 is 18.0. The monoisotopic (exact) mass is 510 g/mol. The Morgan fingerprint density at radius 3 is 2.62 bits per heavy atom. The third kappa shape index (κ3) is 5.93. The van der Waals surface area contributed by atoms with Crippen LogP contribution in [0.1, 0.15) is 21.5 Å². The molecule has 6 nitrogen and oxygen atoms in total. The zero-order valence-electron chi connectivity index (χ0n) is 16.3. The number of hydrogen-bond acceptors (Lipinski definition) is 3. The first kappa shape index (κ1) is 22.7. The quantitative estimate of drug-likeness (QED) is 0.205. The average Bonchev–Trinajstić information content (AvgIpc) is 3.12.